The van der Waals surface area contributed by atoms with Crippen LogP contribution in [-0.4, -0.2) is 4.98 Å². The number of aromatic nitrogens is 1. The van der Waals surface area contributed by atoms with Crippen molar-refractivity contribution in [2.75, 3.05) is 0 Å². The van der Waals surface area contributed by atoms with Gasteiger partial charge in [-0.2, -0.15) is 0 Å². The summed E-state index contributed by atoms with van der Waals surface area (Å²) in [5.41, 5.74) is 0.829. The number of benzene rings is 1. The van der Waals surface area contributed by atoms with Gasteiger partial charge in [-0.05, 0) is 19.1 Å². The molecular formula is C11H9Cl2NO. The van der Waals surface area contributed by atoms with Gasteiger partial charge in [-0.3, -0.25) is 0 Å². The maximum atomic E-state index is 6.03. The average molecular weight is 242 g/mol. The Bertz CT molecular complexity index is 465. The van der Waals surface area contributed by atoms with Crippen LogP contribution in [0.4, 0.5) is 0 Å². The van der Waals surface area contributed by atoms with Gasteiger partial charge in [0.25, 0.3) is 0 Å². The van der Waals surface area contributed by atoms with Crippen molar-refractivity contribution in [3.05, 3.63) is 41.4 Å². The molecule has 1 aromatic heterocycles. The van der Waals surface area contributed by atoms with Crippen LogP contribution in [0.2, 0.25) is 5.02 Å². The van der Waals surface area contributed by atoms with E-state index in [1.54, 1.807) is 6.20 Å². The second-order valence-electron chi connectivity index (χ2n) is 3.16. The van der Waals surface area contributed by atoms with Crippen LogP contribution in [0.25, 0.3) is 11.3 Å². The van der Waals surface area contributed by atoms with Crippen molar-refractivity contribution in [1.82, 2.24) is 4.98 Å². The lowest BCUT2D eigenvalue weighted by molar-refractivity contribution is 0.508. The molecule has 0 saturated heterocycles. The van der Waals surface area contributed by atoms with Gasteiger partial charge in [-0.25, -0.2) is 4.98 Å². The van der Waals surface area contributed by atoms with Gasteiger partial charge < -0.3 is 4.42 Å². The zero-order valence-corrected chi connectivity index (χ0v) is 9.59. The van der Waals surface area contributed by atoms with Gasteiger partial charge in [-0.1, -0.05) is 23.7 Å². The fraction of sp³-hybridized carbons (Fsp3) is 0.182. The summed E-state index contributed by atoms with van der Waals surface area (Å²) >= 11 is 11.9. The van der Waals surface area contributed by atoms with Crippen LogP contribution in [0.3, 0.4) is 0 Å². The molecule has 1 atom stereocenters. The predicted molar refractivity (Wildman–Crippen MR) is 61.2 cm³/mol. The van der Waals surface area contributed by atoms with Crippen molar-refractivity contribution in [1.29, 1.82) is 0 Å². The van der Waals surface area contributed by atoms with E-state index in [1.807, 2.05) is 31.2 Å². The number of nitrogens with zero attached hydrogens (tertiary/aromatic N) is 1. The molecule has 78 valence electrons. The van der Waals surface area contributed by atoms with E-state index in [4.69, 9.17) is 27.6 Å². The van der Waals surface area contributed by atoms with Gasteiger partial charge in [-0.15, -0.1) is 11.6 Å². The Hall–Kier alpha value is -0.990. The molecule has 0 aliphatic carbocycles. The molecule has 0 aliphatic rings. The third kappa shape index (κ3) is 2.16. The summed E-state index contributed by atoms with van der Waals surface area (Å²) < 4.78 is 5.48. The predicted octanol–water partition coefficient (Wildman–Crippen LogP) is 4.29. The number of alkyl halides is 1. The molecule has 2 nitrogen and oxygen atoms in total. The van der Waals surface area contributed by atoms with Crippen molar-refractivity contribution >= 4 is 23.2 Å². The smallest absolute Gasteiger partial charge is 0.212 e. The van der Waals surface area contributed by atoms with Crippen molar-refractivity contribution in [2.24, 2.45) is 0 Å². The minimum Gasteiger partial charge on any atom is -0.439 e. The molecule has 2 rings (SSSR count). The van der Waals surface area contributed by atoms with Gasteiger partial charge in [0.1, 0.15) is 5.38 Å². The lowest BCUT2D eigenvalue weighted by atomic mass is 10.2. The second-order valence-corrected chi connectivity index (χ2v) is 4.22. The molecule has 0 aliphatic heterocycles. The highest BCUT2D eigenvalue weighted by Gasteiger charge is 2.12. The molecule has 1 heterocycles. The second kappa shape index (κ2) is 4.25. The molecule has 1 unspecified atom stereocenters. The summed E-state index contributed by atoms with van der Waals surface area (Å²) in [5.74, 6) is 1.15. The lowest BCUT2D eigenvalue weighted by Crippen LogP contribution is -1.80. The van der Waals surface area contributed by atoms with Crippen molar-refractivity contribution < 1.29 is 4.42 Å². The normalized spacial score (nSPS) is 12.7. The van der Waals surface area contributed by atoms with Crippen LogP contribution in [-0.2, 0) is 0 Å². The molecule has 0 radical (unpaired) electrons. The minimum absolute atomic E-state index is 0.235. The Kier molecular flexibility index (Phi) is 2.98. The van der Waals surface area contributed by atoms with Gasteiger partial charge in [0.2, 0.25) is 5.89 Å². The molecule has 0 N–H and O–H groups in total. The van der Waals surface area contributed by atoms with E-state index in [0.717, 1.165) is 5.56 Å². The number of halogens is 2. The fourth-order valence-electron chi connectivity index (χ4n) is 1.26. The molecule has 0 fully saturated rings. The van der Waals surface area contributed by atoms with Crippen LogP contribution in [0.5, 0.6) is 0 Å². The summed E-state index contributed by atoms with van der Waals surface area (Å²) in [6.07, 6.45) is 1.63. The maximum Gasteiger partial charge on any atom is 0.212 e. The molecule has 4 heteroatoms. The van der Waals surface area contributed by atoms with E-state index in [9.17, 15) is 0 Å². The number of oxazole rings is 1. The first-order valence-electron chi connectivity index (χ1n) is 4.53. The lowest BCUT2D eigenvalue weighted by Gasteiger charge is -1.99. The number of rotatable bonds is 2. The molecule has 15 heavy (non-hydrogen) atoms. The SMILES string of the molecule is CC(Cl)c1ncc(-c2ccccc2Cl)o1. The molecule has 2 aromatic rings. The first-order chi connectivity index (χ1) is 7.18. The standard InChI is InChI=1S/C11H9Cl2NO/c1-7(12)11-14-6-10(15-11)8-4-2-3-5-9(8)13/h2-7H,1H3. The fourth-order valence-corrected chi connectivity index (χ4v) is 1.59. The summed E-state index contributed by atoms with van der Waals surface area (Å²) in [6, 6.07) is 7.45. The molecule has 0 spiro atoms. The zero-order chi connectivity index (χ0) is 10.8. The van der Waals surface area contributed by atoms with Gasteiger partial charge in [0.05, 0.1) is 11.2 Å². The monoisotopic (exact) mass is 241 g/mol. The molecule has 0 amide bonds. The Labute approximate surface area is 97.8 Å². The highest BCUT2D eigenvalue weighted by molar-refractivity contribution is 6.33. The number of hydrogen-bond acceptors (Lipinski definition) is 2. The Morgan fingerprint density at radius 1 is 1.33 bits per heavy atom. The van der Waals surface area contributed by atoms with Crippen LogP contribution >= 0.6 is 23.2 Å². The van der Waals surface area contributed by atoms with Crippen LogP contribution < -0.4 is 0 Å². The Morgan fingerprint density at radius 3 is 2.67 bits per heavy atom. The molecule has 0 bridgehead atoms. The highest BCUT2D eigenvalue weighted by atomic mass is 35.5. The molecular weight excluding hydrogens is 233 g/mol. The maximum absolute atomic E-state index is 6.03. The van der Waals surface area contributed by atoms with Crippen LogP contribution in [0.1, 0.15) is 18.2 Å². The van der Waals surface area contributed by atoms with E-state index in [2.05, 4.69) is 4.98 Å². The minimum atomic E-state index is -0.235. The largest absolute Gasteiger partial charge is 0.439 e. The highest BCUT2D eigenvalue weighted by Crippen LogP contribution is 2.30. The molecule has 0 saturated carbocycles. The van der Waals surface area contributed by atoms with Crippen molar-refractivity contribution in [2.45, 2.75) is 12.3 Å². The Balaban J connectivity index is 2.42. The quantitative estimate of drug-likeness (QED) is 0.734. The summed E-state index contributed by atoms with van der Waals surface area (Å²) in [7, 11) is 0. The van der Waals surface area contributed by atoms with E-state index < -0.39 is 0 Å². The van der Waals surface area contributed by atoms with Gasteiger partial charge in [0, 0.05) is 5.56 Å². The van der Waals surface area contributed by atoms with Crippen molar-refractivity contribution in [3.63, 3.8) is 0 Å². The van der Waals surface area contributed by atoms with E-state index >= 15 is 0 Å². The van der Waals surface area contributed by atoms with Crippen LogP contribution in [0.15, 0.2) is 34.9 Å². The summed E-state index contributed by atoms with van der Waals surface area (Å²) in [5, 5.41) is 0.406. The van der Waals surface area contributed by atoms with Gasteiger partial charge in [0.15, 0.2) is 5.76 Å². The average Bonchev–Trinajstić information content (AvgIpc) is 2.67. The first kappa shape index (κ1) is 10.5. The van der Waals surface area contributed by atoms with Crippen molar-refractivity contribution in [3.8, 4) is 11.3 Å². The molecule has 1 aromatic carbocycles. The van der Waals surface area contributed by atoms with Crippen LogP contribution in [0, 0.1) is 0 Å². The zero-order valence-electron chi connectivity index (χ0n) is 8.08. The summed E-state index contributed by atoms with van der Waals surface area (Å²) in [4.78, 5) is 4.08. The first-order valence-corrected chi connectivity index (χ1v) is 5.34. The van der Waals surface area contributed by atoms with E-state index in [0.29, 0.717) is 16.7 Å². The third-order valence-corrected chi connectivity index (χ3v) is 2.52. The van der Waals surface area contributed by atoms with Gasteiger partial charge >= 0.3 is 0 Å². The summed E-state index contributed by atoms with van der Waals surface area (Å²) in [6.45, 7) is 1.81. The third-order valence-electron chi connectivity index (χ3n) is 2.00. The Morgan fingerprint density at radius 2 is 2.07 bits per heavy atom. The number of hydrogen-bond donors (Lipinski definition) is 0. The topological polar surface area (TPSA) is 26.0 Å². The van der Waals surface area contributed by atoms with E-state index in [-0.39, 0.29) is 5.38 Å². The van der Waals surface area contributed by atoms with E-state index in [1.165, 1.54) is 0 Å².